The molecule has 32 heavy (non-hydrogen) atoms. The van der Waals surface area contributed by atoms with E-state index in [0.29, 0.717) is 0 Å². The standard InChI is InChI=1S/C25H32N4O2S/c1-26-11-12-28(2)18-23-24(19-7-9-22(30-3)10-8-19)27-25(32-23)20-5-4-6-21(17-20)29-13-15-31-16-14-29/h4-10,17,26H,11-16,18H2,1-3H3. The summed E-state index contributed by atoms with van der Waals surface area (Å²) in [5.74, 6) is 0.857. The normalized spacial score (nSPS) is 14.2. The van der Waals surface area contributed by atoms with Crippen LogP contribution in [0.3, 0.4) is 0 Å². The van der Waals surface area contributed by atoms with Gasteiger partial charge in [0.2, 0.25) is 0 Å². The van der Waals surface area contributed by atoms with Crippen LogP contribution in [0.4, 0.5) is 5.69 Å². The van der Waals surface area contributed by atoms with Gasteiger partial charge in [-0.3, -0.25) is 4.90 Å². The topological polar surface area (TPSA) is 49.9 Å². The molecule has 0 bridgehead atoms. The third kappa shape index (κ3) is 5.48. The first-order chi connectivity index (χ1) is 15.7. The minimum Gasteiger partial charge on any atom is -0.497 e. The van der Waals surface area contributed by atoms with Gasteiger partial charge in [0, 0.05) is 54.4 Å². The van der Waals surface area contributed by atoms with Crippen LogP contribution in [0.5, 0.6) is 5.75 Å². The van der Waals surface area contributed by atoms with Crippen LogP contribution in [0.2, 0.25) is 0 Å². The third-order valence-electron chi connectivity index (χ3n) is 5.69. The monoisotopic (exact) mass is 452 g/mol. The zero-order chi connectivity index (χ0) is 22.3. The summed E-state index contributed by atoms with van der Waals surface area (Å²) in [5.41, 5.74) is 4.58. The number of benzene rings is 2. The fourth-order valence-corrected chi connectivity index (χ4v) is 5.00. The van der Waals surface area contributed by atoms with Gasteiger partial charge in [-0.05, 0) is 50.5 Å². The highest BCUT2D eigenvalue weighted by atomic mass is 32.1. The van der Waals surface area contributed by atoms with E-state index in [0.717, 1.165) is 73.5 Å². The van der Waals surface area contributed by atoms with Gasteiger partial charge in [0.15, 0.2) is 0 Å². The second kappa shape index (κ2) is 10.9. The fraction of sp³-hybridized carbons (Fsp3) is 0.400. The van der Waals surface area contributed by atoms with E-state index in [1.165, 1.54) is 10.6 Å². The molecule has 0 atom stereocenters. The SMILES string of the molecule is CNCCN(C)Cc1sc(-c2cccc(N3CCOCC3)c2)nc1-c1ccc(OC)cc1. The van der Waals surface area contributed by atoms with E-state index < -0.39 is 0 Å². The summed E-state index contributed by atoms with van der Waals surface area (Å²) in [5, 5.41) is 4.29. The number of nitrogens with one attached hydrogen (secondary N) is 1. The molecule has 1 fully saturated rings. The summed E-state index contributed by atoms with van der Waals surface area (Å²) < 4.78 is 10.9. The maximum absolute atomic E-state index is 5.52. The largest absolute Gasteiger partial charge is 0.497 e. The van der Waals surface area contributed by atoms with E-state index in [1.54, 1.807) is 18.4 Å². The van der Waals surface area contributed by atoms with Crippen molar-refractivity contribution >= 4 is 17.0 Å². The number of hydrogen-bond acceptors (Lipinski definition) is 7. The van der Waals surface area contributed by atoms with Crippen LogP contribution < -0.4 is 15.0 Å². The van der Waals surface area contributed by atoms with Crippen molar-refractivity contribution in [2.45, 2.75) is 6.54 Å². The number of likely N-dealkylation sites (N-methyl/N-ethyl adjacent to an activating group) is 2. The molecular formula is C25H32N4O2S. The lowest BCUT2D eigenvalue weighted by molar-refractivity contribution is 0.122. The fourth-order valence-electron chi connectivity index (χ4n) is 3.84. The highest BCUT2D eigenvalue weighted by Gasteiger charge is 2.18. The van der Waals surface area contributed by atoms with Crippen LogP contribution in [0.1, 0.15) is 4.88 Å². The molecule has 4 rings (SSSR count). The Balaban J connectivity index is 1.66. The van der Waals surface area contributed by atoms with Crippen molar-refractivity contribution in [2.75, 3.05) is 65.5 Å². The molecule has 2 aromatic carbocycles. The molecule has 1 aromatic heterocycles. The Kier molecular flexibility index (Phi) is 7.76. The molecule has 0 amide bonds. The van der Waals surface area contributed by atoms with E-state index in [4.69, 9.17) is 14.5 Å². The second-order valence-corrected chi connectivity index (χ2v) is 9.09. The smallest absolute Gasteiger partial charge is 0.124 e. The molecule has 2 heterocycles. The van der Waals surface area contributed by atoms with Gasteiger partial charge in [-0.2, -0.15) is 0 Å². The van der Waals surface area contributed by atoms with Crippen LogP contribution >= 0.6 is 11.3 Å². The number of thiazole rings is 1. The molecule has 0 radical (unpaired) electrons. The number of morpholine rings is 1. The van der Waals surface area contributed by atoms with Crippen molar-refractivity contribution in [3.63, 3.8) is 0 Å². The molecule has 1 saturated heterocycles. The maximum Gasteiger partial charge on any atom is 0.124 e. The summed E-state index contributed by atoms with van der Waals surface area (Å²) >= 11 is 1.79. The number of ether oxygens (including phenoxy) is 2. The quantitative estimate of drug-likeness (QED) is 0.530. The zero-order valence-electron chi connectivity index (χ0n) is 19.1. The third-order valence-corrected chi connectivity index (χ3v) is 6.78. The average Bonchev–Trinajstić information content (AvgIpc) is 3.27. The van der Waals surface area contributed by atoms with Gasteiger partial charge in [0.05, 0.1) is 26.0 Å². The molecule has 3 aromatic rings. The molecule has 0 spiro atoms. The number of anilines is 1. The summed E-state index contributed by atoms with van der Waals surface area (Å²) in [6, 6.07) is 16.9. The molecule has 1 aliphatic heterocycles. The molecular weight excluding hydrogens is 420 g/mol. The van der Waals surface area contributed by atoms with Crippen LogP contribution in [0, 0.1) is 0 Å². The molecule has 1 aliphatic rings. The number of aromatic nitrogens is 1. The number of nitrogens with zero attached hydrogens (tertiary/aromatic N) is 3. The second-order valence-electron chi connectivity index (χ2n) is 8.01. The number of hydrogen-bond donors (Lipinski definition) is 1. The van der Waals surface area contributed by atoms with Crippen LogP contribution in [0.15, 0.2) is 48.5 Å². The minimum atomic E-state index is 0.784. The van der Waals surface area contributed by atoms with Crippen molar-refractivity contribution < 1.29 is 9.47 Å². The molecule has 1 N–H and O–H groups in total. The van der Waals surface area contributed by atoms with Gasteiger partial charge in [-0.15, -0.1) is 11.3 Å². The predicted octanol–water partition coefficient (Wildman–Crippen LogP) is 3.97. The molecule has 0 aliphatic carbocycles. The van der Waals surface area contributed by atoms with Gasteiger partial charge in [0.1, 0.15) is 10.8 Å². The van der Waals surface area contributed by atoms with Crippen molar-refractivity contribution in [1.82, 2.24) is 15.2 Å². The van der Waals surface area contributed by atoms with Crippen molar-refractivity contribution in [2.24, 2.45) is 0 Å². The van der Waals surface area contributed by atoms with E-state index in [-0.39, 0.29) is 0 Å². The highest BCUT2D eigenvalue weighted by Crippen LogP contribution is 2.36. The highest BCUT2D eigenvalue weighted by molar-refractivity contribution is 7.15. The lowest BCUT2D eigenvalue weighted by atomic mass is 10.1. The van der Waals surface area contributed by atoms with Gasteiger partial charge in [-0.1, -0.05) is 12.1 Å². The first kappa shape index (κ1) is 22.7. The van der Waals surface area contributed by atoms with Gasteiger partial charge in [-0.25, -0.2) is 4.98 Å². The Morgan fingerprint density at radius 3 is 2.62 bits per heavy atom. The van der Waals surface area contributed by atoms with E-state index in [9.17, 15) is 0 Å². The molecule has 7 heteroatoms. The van der Waals surface area contributed by atoms with Crippen molar-refractivity contribution in [1.29, 1.82) is 0 Å². The van der Waals surface area contributed by atoms with E-state index in [1.807, 2.05) is 19.2 Å². The van der Waals surface area contributed by atoms with Crippen molar-refractivity contribution in [3.05, 3.63) is 53.4 Å². The molecule has 0 saturated carbocycles. The van der Waals surface area contributed by atoms with Crippen LogP contribution in [-0.2, 0) is 11.3 Å². The maximum atomic E-state index is 5.52. The summed E-state index contributed by atoms with van der Waals surface area (Å²) in [7, 11) is 5.84. The number of methoxy groups -OCH3 is 1. The minimum absolute atomic E-state index is 0.784. The number of rotatable bonds is 9. The average molecular weight is 453 g/mol. The van der Waals surface area contributed by atoms with Gasteiger partial charge < -0.3 is 19.7 Å². The summed E-state index contributed by atoms with van der Waals surface area (Å²) in [6.45, 7) is 6.24. The Morgan fingerprint density at radius 2 is 1.91 bits per heavy atom. The Bertz CT molecular complexity index is 999. The van der Waals surface area contributed by atoms with E-state index >= 15 is 0 Å². The van der Waals surface area contributed by atoms with Gasteiger partial charge >= 0.3 is 0 Å². The molecule has 0 unspecified atom stereocenters. The van der Waals surface area contributed by atoms with Crippen molar-refractivity contribution in [3.8, 4) is 27.6 Å². The Morgan fingerprint density at radius 1 is 1.12 bits per heavy atom. The van der Waals surface area contributed by atoms with Crippen LogP contribution in [-0.4, -0.2) is 70.5 Å². The molecule has 170 valence electrons. The first-order valence-corrected chi connectivity index (χ1v) is 11.9. The molecule has 6 nitrogen and oxygen atoms in total. The van der Waals surface area contributed by atoms with E-state index in [2.05, 4.69) is 58.6 Å². The van der Waals surface area contributed by atoms with Gasteiger partial charge in [0.25, 0.3) is 0 Å². The Hall–Kier alpha value is -2.45. The lowest BCUT2D eigenvalue weighted by Gasteiger charge is -2.29. The first-order valence-electron chi connectivity index (χ1n) is 11.1. The summed E-state index contributed by atoms with van der Waals surface area (Å²) in [6.07, 6.45) is 0. The Labute approximate surface area is 194 Å². The summed E-state index contributed by atoms with van der Waals surface area (Å²) in [4.78, 5) is 11.1. The predicted molar refractivity (Wildman–Crippen MR) is 133 cm³/mol. The lowest BCUT2D eigenvalue weighted by Crippen LogP contribution is -2.36. The zero-order valence-corrected chi connectivity index (χ0v) is 20.0. The van der Waals surface area contributed by atoms with Crippen LogP contribution in [0.25, 0.3) is 21.8 Å².